The third-order valence-electron chi connectivity index (χ3n) is 6.17. The molecule has 1 saturated heterocycles. The predicted octanol–water partition coefficient (Wildman–Crippen LogP) is 0.428. The van der Waals surface area contributed by atoms with Gasteiger partial charge in [0, 0.05) is 44.8 Å². The molecule has 1 rings (SSSR count). The van der Waals surface area contributed by atoms with Gasteiger partial charge in [-0.05, 0) is 31.6 Å². The molecule has 1 fully saturated rings. The standard InChI is InChI=1S/C23H38N4O8/c1-14(2)17(20(30)26-18(21(31)32)5-4-10-25-23(24)34)13-16(28)6-7-19(29)27-11-8-15(9-12-27)22(33)35-3/h14-15,17-18H,4-13H2,1-3H3,(H,26,30)(H,31,32)(H3,24,25,34)/t17-,18-/m0/s1. The Balaban J connectivity index is 2.53. The average Bonchev–Trinajstić information content (AvgIpc) is 2.81. The van der Waals surface area contributed by atoms with E-state index in [-0.39, 0.29) is 61.7 Å². The highest BCUT2D eigenvalue weighted by atomic mass is 16.5. The molecule has 0 radical (unpaired) electrons. The molecule has 198 valence electrons. The van der Waals surface area contributed by atoms with E-state index in [1.165, 1.54) is 7.11 Å². The van der Waals surface area contributed by atoms with Crippen molar-refractivity contribution in [3.05, 3.63) is 0 Å². The van der Waals surface area contributed by atoms with Gasteiger partial charge < -0.3 is 31.1 Å². The third-order valence-corrected chi connectivity index (χ3v) is 6.17. The van der Waals surface area contributed by atoms with E-state index in [9.17, 15) is 33.9 Å². The number of carbonyl (C=O) groups is 6. The number of esters is 1. The number of amides is 4. The summed E-state index contributed by atoms with van der Waals surface area (Å²) in [5, 5.41) is 14.2. The Morgan fingerprint density at radius 1 is 1.09 bits per heavy atom. The lowest BCUT2D eigenvalue weighted by molar-refractivity contribution is -0.149. The molecular weight excluding hydrogens is 460 g/mol. The number of aliphatic carboxylic acids is 1. The number of nitrogens with two attached hydrogens (primary N) is 1. The van der Waals surface area contributed by atoms with Gasteiger partial charge in [-0.2, -0.15) is 0 Å². The van der Waals surface area contributed by atoms with Crippen molar-refractivity contribution in [3.8, 4) is 0 Å². The highest BCUT2D eigenvalue weighted by Crippen LogP contribution is 2.21. The highest BCUT2D eigenvalue weighted by Gasteiger charge is 2.30. The molecule has 2 atom stereocenters. The molecular formula is C23H38N4O8. The van der Waals surface area contributed by atoms with E-state index in [0.29, 0.717) is 32.4 Å². The SMILES string of the molecule is COC(=O)C1CCN(C(=O)CCC(=O)C[C@H](C(=O)N[C@@H](CCCNC(N)=O)C(=O)O)C(C)C)CC1. The maximum atomic E-state index is 12.7. The number of carboxylic acids is 1. The molecule has 0 aromatic carbocycles. The lowest BCUT2D eigenvalue weighted by atomic mass is 9.88. The maximum Gasteiger partial charge on any atom is 0.326 e. The van der Waals surface area contributed by atoms with E-state index in [4.69, 9.17) is 10.5 Å². The molecule has 4 amide bonds. The van der Waals surface area contributed by atoms with Crippen LogP contribution in [0.4, 0.5) is 4.79 Å². The Hall–Kier alpha value is -3.18. The van der Waals surface area contributed by atoms with Gasteiger partial charge in [-0.1, -0.05) is 13.8 Å². The number of methoxy groups -OCH3 is 1. The van der Waals surface area contributed by atoms with Gasteiger partial charge in [-0.15, -0.1) is 0 Å². The number of Topliss-reactive ketones (excluding diaryl/α,β-unsaturated/α-hetero) is 1. The van der Waals surface area contributed by atoms with Crippen molar-refractivity contribution in [1.82, 2.24) is 15.5 Å². The predicted molar refractivity (Wildman–Crippen MR) is 125 cm³/mol. The molecule has 1 heterocycles. The fourth-order valence-electron chi connectivity index (χ4n) is 3.97. The summed E-state index contributed by atoms with van der Waals surface area (Å²) in [5.41, 5.74) is 4.97. The van der Waals surface area contributed by atoms with E-state index in [2.05, 4.69) is 10.6 Å². The number of ether oxygens (including phenoxy) is 1. The quantitative estimate of drug-likeness (QED) is 0.196. The normalized spacial score (nSPS) is 15.7. The van der Waals surface area contributed by atoms with Crippen LogP contribution in [0.1, 0.15) is 58.8 Å². The van der Waals surface area contributed by atoms with E-state index < -0.39 is 29.9 Å². The summed E-state index contributed by atoms with van der Waals surface area (Å²) in [4.78, 5) is 73.2. The van der Waals surface area contributed by atoms with E-state index in [1.54, 1.807) is 18.7 Å². The van der Waals surface area contributed by atoms with Crippen molar-refractivity contribution in [2.75, 3.05) is 26.7 Å². The van der Waals surface area contributed by atoms with Gasteiger partial charge in [0.1, 0.15) is 11.8 Å². The van der Waals surface area contributed by atoms with Crippen LogP contribution < -0.4 is 16.4 Å². The number of primary amides is 1. The second-order valence-corrected chi connectivity index (χ2v) is 9.10. The third kappa shape index (κ3) is 10.7. The Labute approximate surface area is 205 Å². The number of nitrogens with zero attached hydrogens (tertiary/aromatic N) is 1. The molecule has 0 spiro atoms. The Morgan fingerprint density at radius 3 is 2.23 bits per heavy atom. The van der Waals surface area contributed by atoms with Gasteiger partial charge in [0.2, 0.25) is 11.8 Å². The van der Waals surface area contributed by atoms with Crippen LogP contribution in [0.3, 0.4) is 0 Å². The highest BCUT2D eigenvalue weighted by molar-refractivity contribution is 5.91. The second-order valence-electron chi connectivity index (χ2n) is 9.10. The number of piperidine rings is 1. The first-order chi connectivity index (χ1) is 16.5. The van der Waals surface area contributed by atoms with Crippen LogP contribution in [-0.2, 0) is 28.7 Å². The molecule has 0 saturated carbocycles. The van der Waals surface area contributed by atoms with Gasteiger partial charge in [-0.3, -0.25) is 19.2 Å². The van der Waals surface area contributed by atoms with Gasteiger partial charge in [0.05, 0.1) is 13.0 Å². The summed E-state index contributed by atoms with van der Waals surface area (Å²) < 4.78 is 4.74. The van der Waals surface area contributed by atoms with Crippen LogP contribution in [0.25, 0.3) is 0 Å². The van der Waals surface area contributed by atoms with Gasteiger partial charge in [-0.25, -0.2) is 9.59 Å². The number of urea groups is 1. The molecule has 0 bridgehead atoms. The largest absolute Gasteiger partial charge is 0.480 e. The number of likely N-dealkylation sites (tertiary alicyclic amines) is 1. The molecule has 1 aliphatic rings. The smallest absolute Gasteiger partial charge is 0.326 e. The number of ketones is 1. The first kappa shape index (κ1) is 29.9. The van der Waals surface area contributed by atoms with E-state index >= 15 is 0 Å². The van der Waals surface area contributed by atoms with Crippen LogP contribution >= 0.6 is 0 Å². The first-order valence-corrected chi connectivity index (χ1v) is 11.9. The summed E-state index contributed by atoms with van der Waals surface area (Å²) in [6.07, 6.45) is 1.31. The number of rotatable bonds is 14. The zero-order chi connectivity index (χ0) is 26.5. The molecule has 5 N–H and O–H groups in total. The molecule has 0 unspecified atom stereocenters. The Morgan fingerprint density at radius 2 is 1.71 bits per heavy atom. The molecule has 12 heteroatoms. The zero-order valence-corrected chi connectivity index (χ0v) is 20.7. The summed E-state index contributed by atoms with van der Waals surface area (Å²) in [7, 11) is 1.34. The van der Waals surface area contributed by atoms with E-state index in [0.717, 1.165) is 0 Å². The molecule has 0 aliphatic carbocycles. The summed E-state index contributed by atoms with van der Waals surface area (Å²) in [5.74, 6) is -3.65. The second kappa shape index (κ2) is 14.9. The number of nitrogens with one attached hydrogen (secondary N) is 2. The van der Waals surface area contributed by atoms with Crippen molar-refractivity contribution in [3.63, 3.8) is 0 Å². The van der Waals surface area contributed by atoms with Crippen LogP contribution in [0.2, 0.25) is 0 Å². The number of carboxylic acid groups (broad SMARTS) is 1. The monoisotopic (exact) mass is 498 g/mol. The van der Waals surface area contributed by atoms with Crippen LogP contribution in [0, 0.1) is 17.8 Å². The van der Waals surface area contributed by atoms with Crippen LogP contribution in [0.15, 0.2) is 0 Å². The van der Waals surface area contributed by atoms with Crippen LogP contribution in [-0.4, -0.2) is 78.4 Å². The van der Waals surface area contributed by atoms with Crippen molar-refractivity contribution >= 4 is 35.6 Å². The fourth-order valence-corrected chi connectivity index (χ4v) is 3.97. The van der Waals surface area contributed by atoms with Crippen molar-refractivity contribution < 1.29 is 38.6 Å². The van der Waals surface area contributed by atoms with Crippen molar-refractivity contribution in [2.24, 2.45) is 23.5 Å². The average molecular weight is 499 g/mol. The lowest BCUT2D eigenvalue weighted by Crippen LogP contribution is -2.45. The lowest BCUT2D eigenvalue weighted by Gasteiger charge is -2.30. The molecule has 1 aliphatic heterocycles. The molecule has 12 nitrogen and oxygen atoms in total. The number of carbonyl (C=O) groups excluding carboxylic acids is 5. The van der Waals surface area contributed by atoms with Gasteiger partial charge in [0.25, 0.3) is 0 Å². The number of hydrogen-bond donors (Lipinski definition) is 4. The van der Waals surface area contributed by atoms with Gasteiger partial charge >= 0.3 is 18.0 Å². The minimum Gasteiger partial charge on any atom is -0.480 e. The fraction of sp³-hybridized carbons (Fsp3) is 0.739. The summed E-state index contributed by atoms with van der Waals surface area (Å²) in [6, 6.07) is -1.88. The number of hydrogen-bond acceptors (Lipinski definition) is 7. The van der Waals surface area contributed by atoms with E-state index in [1.807, 2.05) is 0 Å². The minimum absolute atomic E-state index is 0.0127. The Bertz CT molecular complexity index is 777. The zero-order valence-electron chi connectivity index (χ0n) is 20.7. The molecule has 0 aromatic heterocycles. The Kier molecular flexibility index (Phi) is 12.7. The van der Waals surface area contributed by atoms with Gasteiger partial charge in [0.15, 0.2) is 0 Å². The summed E-state index contributed by atoms with van der Waals surface area (Å²) >= 11 is 0. The minimum atomic E-state index is -1.21. The van der Waals surface area contributed by atoms with Crippen LogP contribution in [0.5, 0.6) is 0 Å². The van der Waals surface area contributed by atoms with Crippen molar-refractivity contribution in [1.29, 1.82) is 0 Å². The molecule has 0 aromatic rings. The topological polar surface area (TPSA) is 185 Å². The molecule has 35 heavy (non-hydrogen) atoms. The maximum absolute atomic E-state index is 12.7. The first-order valence-electron chi connectivity index (χ1n) is 11.9. The van der Waals surface area contributed by atoms with Crippen molar-refractivity contribution in [2.45, 2.75) is 64.8 Å². The summed E-state index contributed by atoms with van der Waals surface area (Å²) in [6.45, 7) is 4.56.